The van der Waals surface area contributed by atoms with E-state index in [1.54, 1.807) is 31.4 Å². The molecular weight excluding hydrogens is 399 g/mol. The number of rotatable bonds is 7. The van der Waals surface area contributed by atoms with E-state index < -0.39 is 22.0 Å². The van der Waals surface area contributed by atoms with Gasteiger partial charge in [0.15, 0.2) is 0 Å². The van der Waals surface area contributed by atoms with Gasteiger partial charge in [-0.2, -0.15) is 4.72 Å². The van der Waals surface area contributed by atoms with Gasteiger partial charge in [-0.05, 0) is 42.8 Å². The highest BCUT2D eigenvalue weighted by atomic mass is 35.5. The number of carbonyl (C=O) groups excluding carboxylic acids is 1. The molecule has 0 aliphatic heterocycles. The van der Waals surface area contributed by atoms with Gasteiger partial charge < -0.3 is 10.1 Å². The molecule has 26 heavy (non-hydrogen) atoms. The third-order valence-corrected chi connectivity index (χ3v) is 5.79. The predicted octanol–water partition coefficient (Wildman–Crippen LogP) is 2.99. The first-order chi connectivity index (χ1) is 12.2. The van der Waals surface area contributed by atoms with Gasteiger partial charge in [0.05, 0.1) is 18.2 Å². The van der Waals surface area contributed by atoms with Crippen molar-refractivity contribution >= 4 is 39.1 Å². The highest BCUT2D eigenvalue weighted by molar-refractivity contribution is 7.89. The molecule has 9 heteroatoms. The Bertz CT molecular complexity index is 886. The average molecular weight is 417 g/mol. The van der Waals surface area contributed by atoms with E-state index in [2.05, 4.69) is 10.0 Å². The lowest BCUT2D eigenvalue weighted by Gasteiger charge is -2.15. The van der Waals surface area contributed by atoms with Crippen LogP contribution in [0.25, 0.3) is 0 Å². The maximum absolute atomic E-state index is 12.4. The summed E-state index contributed by atoms with van der Waals surface area (Å²) in [5, 5.41) is 2.92. The minimum Gasteiger partial charge on any atom is -0.497 e. The summed E-state index contributed by atoms with van der Waals surface area (Å²) in [4.78, 5) is 12.0. The SMILES string of the molecule is COc1ccc(CNC(=O)[C@H](C)NS(=O)(=O)c2cc(Cl)ccc2Cl)cc1. The van der Waals surface area contributed by atoms with E-state index >= 15 is 0 Å². The van der Waals surface area contributed by atoms with Crippen molar-refractivity contribution in [2.45, 2.75) is 24.4 Å². The normalized spacial score (nSPS) is 12.5. The van der Waals surface area contributed by atoms with Crippen molar-refractivity contribution in [1.82, 2.24) is 10.0 Å². The van der Waals surface area contributed by atoms with Crippen LogP contribution in [0.5, 0.6) is 5.75 Å². The Balaban J connectivity index is 2.00. The van der Waals surface area contributed by atoms with Gasteiger partial charge in [-0.3, -0.25) is 4.79 Å². The van der Waals surface area contributed by atoms with Crippen LogP contribution in [0.2, 0.25) is 10.0 Å². The van der Waals surface area contributed by atoms with Crippen LogP contribution in [0.1, 0.15) is 12.5 Å². The van der Waals surface area contributed by atoms with E-state index in [1.807, 2.05) is 0 Å². The number of hydrogen-bond donors (Lipinski definition) is 2. The second-order valence-corrected chi connectivity index (χ2v) is 8.01. The molecule has 0 aliphatic rings. The molecule has 2 rings (SSSR count). The Hall–Kier alpha value is -1.80. The van der Waals surface area contributed by atoms with Gasteiger partial charge in [0.2, 0.25) is 15.9 Å². The van der Waals surface area contributed by atoms with Crippen molar-refractivity contribution in [2.24, 2.45) is 0 Å². The van der Waals surface area contributed by atoms with Crippen LogP contribution in [-0.4, -0.2) is 27.5 Å². The van der Waals surface area contributed by atoms with Gasteiger partial charge in [0, 0.05) is 11.6 Å². The Kier molecular flexibility index (Phi) is 6.88. The number of nitrogens with one attached hydrogen (secondary N) is 2. The van der Waals surface area contributed by atoms with Crippen molar-refractivity contribution < 1.29 is 17.9 Å². The summed E-state index contributed by atoms with van der Waals surface area (Å²) in [6, 6.07) is 10.3. The summed E-state index contributed by atoms with van der Waals surface area (Å²) in [5.41, 5.74) is 0.854. The number of ether oxygens (including phenoxy) is 1. The average Bonchev–Trinajstić information content (AvgIpc) is 2.61. The smallest absolute Gasteiger partial charge is 0.242 e. The Morgan fingerprint density at radius 1 is 1.15 bits per heavy atom. The van der Waals surface area contributed by atoms with Gasteiger partial charge in [-0.15, -0.1) is 0 Å². The molecule has 1 amide bonds. The number of benzene rings is 2. The molecule has 0 radical (unpaired) electrons. The van der Waals surface area contributed by atoms with Crippen molar-refractivity contribution in [3.8, 4) is 5.75 Å². The number of amides is 1. The van der Waals surface area contributed by atoms with Crippen LogP contribution in [0.3, 0.4) is 0 Å². The van der Waals surface area contributed by atoms with Crippen molar-refractivity contribution in [3.63, 3.8) is 0 Å². The fraction of sp³-hybridized carbons (Fsp3) is 0.235. The fourth-order valence-electron chi connectivity index (χ4n) is 2.12. The monoisotopic (exact) mass is 416 g/mol. The topological polar surface area (TPSA) is 84.5 Å². The zero-order valence-corrected chi connectivity index (χ0v) is 16.5. The van der Waals surface area contributed by atoms with Gasteiger partial charge in [0.25, 0.3) is 0 Å². The molecule has 2 aromatic rings. The van der Waals surface area contributed by atoms with Crippen LogP contribution in [0.4, 0.5) is 0 Å². The lowest BCUT2D eigenvalue weighted by atomic mass is 10.2. The standard InChI is InChI=1S/C17H18Cl2N2O4S/c1-11(17(22)20-10-12-3-6-14(25-2)7-4-12)21-26(23,24)16-9-13(18)5-8-15(16)19/h3-9,11,21H,10H2,1-2H3,(H,20,22)/t11-/m0/s1. The number of halogens is 2. The molecule has 0 saturated carbocycles. The Morgan fingerprint density at radius 3 is 2.42 bits per heavy atom. The summed E-state index contributed by atoms with van der Waals surface area (Å²) < 4.78 is 32.2. The second-order valence-electron chi connectivity index (χ2n) is 5.48. The molecule has 0 aliphatic carbocycles. The maximum Gasteiger partial charge on any atom is 0.242 e. The molecule has 1 atom stereocenters. The number of carbonyl (C=O) groups is 1. The Morgan fingerprint density at radius 2 is 1.81 bits per heavy atom. The lowest BCUT2D eigenvalue weighted by Crippen LogP contribution is -2.44. The fourth-order valence-corrected chi connectivity index (χ4v) is 4.08. The van der Waals surface area contributed by atoms with Crippen molar-refractivity contribution in [2.75, 3.05) is 7.11 Å². The largest absolute Gasteiger partial charge is 0.497 e. The molecule has 2 aromatic carbocycles. The summed E-state index contributed by atoms with van der Waals surface area (Å²) in [7, 11) is -2.43. The molecule has 0 aromatic heterocycles. The third-order valence-electron chi connectivity index (χ3n) is 3.53. The first-order valence-electron chi connectivity index (χ1n) is 7.61. The van der Waals surface area contributed by atoms with E-state index in [4.69, 9.17) is 27.9 Å². The summed E-state index contributed by atoms with van der Waals surface area (Å²) in [6.45, 7) is 1.70. The van der Waals surface area contributed by atoms with Gasteiger partial charge in [-0.1, -0.05) is 35.3 Å². The van der Waals surface area contributed by atoms with E-state index in [-0.39, 0.29) is 21.5 Å². The molecule has 140 valence electrons. The van der Waals surface area contributed by atoms with Gasteiger partial charge >= 0.3 is 0 Å². The zero-order chi connectivity index (χ0) is 19.3. The highest BCUT2D eigenvalue weighted by Crippen LogP contribution is 2.25. The van der Waals surface area contributed by atoms with E-state index in [1.165, 1.54) is 25.1 Å². The molecule has 0 heterocycles. The zero-order valence-electron chi connectivity index (χ0n) is 14.1. The first-order valence-corrected chi connectivity index (χ1v) is 9.85. The number of sulfonamides is 1. The minimum atomic E-state index is -3.99. The molecule has 0 spiro atoms. The van der Waals surface area contributed by atoms with Gasteiger partial charge in [-0.25, -0.2) is 8.42 Å². The molecular formula is C17H18Cl2N2O4S. The van der Waals surface area contributed by atoms with Crippen LogP contribution in [0, 0.1) is 0 Å². The predicted molar refractivity (Wildman–Crippen MR) is 101 cm³/mol. The molecule has 0 fully saturated rings. The van der Waals surface area contributed by atoms with E-state index in [0.29, 0.717) is 5.75 Å². The lowest BCUT2D eigenvalue weighted by molar-refractivity contribution is -0.122. The van der Waals surface area contributed by atoms with Crippen LogP contribution >= 0.6 is 23.2 Å². The number of hydrogen-bond acceptors (Lipinski definition) is 4. The molecule has 0 bridgehead atoms. The molecule has 2 N–H and O–H groups in total. The Labute approximate surface area is 162 Å². The van der Waals surface area contributed by atoms with Crippen molar-refractivity contribution in [3.05, 3.63) is 58.1 Å². The molecule has 0 unspecified atom stereocenters. The second kappa shape index (κ2) is 8.73. The van der Waals surface area contributed by atoms with Crippen LogP contribution in [-0.2, 0) is 21.4 Å². The third kappa shape index (κ3) is 5.35. The first kappa shape index (κ1) is 20.5. The minimum absolute atomic E-state index is 0.0211. The maximum atomic E-state index is 12.4. The van der Waals surface area contributed by atoms with Crippen LogP contribution in [0.15, 0.2) is 47.4 Å². The van der Waals surface area contributed by atoms with Crippen LogP contribution < -0.4 is 14.8 Å². The number of methoxy groups -OCH3 is 1. The summed E-state index contributed by atoms with van der Waals surface area (Å²) in [6.07, 6.45) is 0. The van der Waals surface area contributed by atoms with Gasteiger partial charge in [0.1, 0.15) is 10.6 Å². The summed E-state index contributed by atoms with van der Waals surface area (Å²) in [5.74, 6) is 0.238. The van der Waals surface area contributed by atoms with E-state index in [0.717, 1.165) is 5.56 Å². The quantitative estimate of drug-likeness (QED) is 0.726. The van der Waals surface area contributed by atoms with E-state index in [9.17, 15) is 13.2 Å². The molecule has 6 nitrogen and oxygen atoms in total. The molecule has 0 saturated heterocycles. The van der Waals surface area contributed by atoms with Crippen molar-refractivity contribution in [1.29, 1.82) is 0 Å². The summed E-state index contributed by atoms with van der Waals surface area (Å²) >= 11 is 11.7. The highest BCUT2D eigenvalue weighted by Gasteiger charge is 2.24.